The Morgan fingerprint density at radius 2 is 1.82 bits per heavy atom. The van der Waals surface area contributed by atoms with E-state index in [0.717, 1.165) is 18.4 Å². The lowest BCUT2D eigenvalue weighted by Gasteiger charge is -2.30. The number of aliphatic hydroxyl groups excluding tert-OH is 1. The van der Waals surface area contributed by atoms with Crippen LogP contribution in [0.1, 0.15) is 38.7 Å². The van der Waals surface area contributed by atoms with Crippen LogP contribution in [0.15, 0.2) is 41.3 Å². The third kappa shape index (κ3) is 6.73. The molecule has 0 saturated carbocycles. The molecule has 0 aliphatic heterocycles. The van der Waals surface area contributed by atoms with Gasteiger partial charge in [0.05, 0.1) is 4.90 Å². The first-order valence-corrected chi connectivity index (χ1v) is 8.91. The summed E-state index contributed by atoms with van der Waals surface area (Å²) in [5.74, 6) is 0.708. The molecule has 0 spiro atoms. The van der Waals surface area contributed by atoms with Crippen molar-refractivity contribution >= 4 is 10.1 Å². The minimum Gasteiger partial charge on any atom is -0.396 e. The number of allylic oxidation sites excluding steroid dienone is 2. The van der Waals surface area contributed by atoms with E-state index < -0.39 is 10.1 Å². The van der Waals surface area contributed by atoms with Crippen LogP contribution in [0.4, 0.5) is 0 Å². The van der Waals surface area contributed by atoms with Crippen LogP contribution in [0.5, 0.6) is 0 Å². The number of rotatable bonds is 3. The van der Waals surface area contributed by atoms with E-state index in [9.17, 15) is 8.42 Å². The molecule has 0 saturated heterocycles. The number of benzene rings is 1. The molecule has 1 atom stereocenters. The predicted molar refractivity (Wildman–Crippen MR) is 88.3 cm³/mol. The van der Waals surface area contributed by atoms with Crippen molar-refractivity contribution in [1.29, 1.82) is 0 Å². The third-order valence-corrected chi connectivity index (χ3v) is 4.58. The fourth-order valence-corrected chi connectivity index (χ4v) is 3.07. The lowest BCUT2D eigenvalue weighted by Crippen LogP contribution is -2.18. The molecule has 1 aromatic rings. The number of hydrogen-bond acceptors (Lipinski definition) is 3. The summed E-state index contributed by atoms with van der Waals surface area (Å²) in [4.78, 5) is -0.0666. The predicted octanol–water partition coefficient (Wildman–Crippen LogP) is 3.60. The van der Waals surface area contributed by atoms with E-state index in [1.807, 2.05) is 6.92 Å². The fourth-order valence-electron chi connectivity index (χ4n) is 2.59. The van der Waals surface area contributed by atoms with Gasteiger partial charge in [-0.3, -0.25) is 4.55 Å². The van der Waals surface area contributed by atoms with Crippen LogP contribution in [0.2, 0.25) is 0 Å². The first-order valence-electron chi connectivity index (χ1n) is 7.47. The van der Waals surface area contributed by atoms with Crippen molar-refractivity contribution in [3.63, 3.8) is 0 Å². The highest BCUT2D eigenvalue weighted by molar-refractivity contribution is 7.85. The van der Waals surface area contributed by atoms with Crippen molar-refractivity contribution in [3.05, 3.63) is 42.0 Å². The van der Waals surface area contributed by atoms with E-state index in [0.29, 0.717) is 17.9 Å². The molecule has 2 rings (SSSR count). The molecular weight excluding hydrogens is 300 g/mol. The van der Waals surface area contributed by atoms with Gasteiger partial charge in [0, 0.05) is 6.61 Å². The van der Waals surface area contributed by atoms with Gasteiger partial charge < -0.3 is 5.11 Å². The molecule has 124 valence electrons. The summed E-state index contributed by atoms with van der Waals surface area (Å²) in [5.41, 5.74) is 1.32. The monoisotopic (exact) mass is 326 g/mol. The average molecular weight is 326 g/mol. The lowest BCUT2D eigenvalue weighted by atomic mass is 9.76. The highest BCUT2D eigenvalue weighted by Gasteiger charge is 2.22. The number of aliphatic hydroxyl groups is 1. The molecule has 1 aliphatic carbocycles. The maximum absolute atomic E-state index is 10.5. The van der Waals surface area contributed by atoms with E-state index in [1.54, 1.807) is 12.1 Å². The first kappa shape index (κ1) is 18.9. The maximum Gasteiger partial charge on any atom is 0.294 e. The van der Waals surface area contributed by atoms with Crippen LogP contribution in [0.3, 0.4) is 0 Å². The van der Waals surface area contributed by atoms with E-state index in [-0.39, 0.29) is 4.90 Å². The van der Waals surface area contributed by atoms with E-state index in [4.69, 9.17) is 9.66 Å². The van der Waals surface area contributed by atoms with E-state index in [1.165, 1.54) is 18.6 Å². The average Bonchev–Trinajstić information content (AvgIpc) is 2.38. The van der Waals surface area contributed by atoms with Crippen molar-refractivity contribution in [2.24, 2.45) is 11.3 Å². The van der Waals surface area contributed by atoms with Crippen molar-refractivity contribution in [2.45, 2.75) is 44.9 Å². The largest absolute Gasteiger partial charge is 0.396 e. The van der Waals surface area contributed by atoms with Gasteiger partial charge >= 0.3 is 0 Å². The SMILES string of the molecule is CC1(C)C=CCC(CCO)C1.Cc1ccc(S(=O)(=O)O)cc1. The smallest absolute Gasteiger partial charge is 0.294 e. The minimum atomic E-state index is -4.02. The van der Waals surface area contributed by atoms with Gasteiger partial charge in [0.15, 0.2) is 0 Å². The van der Waals surface area contributed by atoms with Crippen LogP contribution >= 0.6 is 0 Å². The van der Waals surface area contributed by atoms with Crippen molar-refractivity contribution in [1.82, 2.24) is 0 Å². The summed E-state index contributed by atoms with van der Waals surface area (Å²) in [5, 5.41) is 8.76. The highest BCUT2D eigenvalue weighted by atomic mass is 32.2. The van der Waals surface area contributed by atoms with Gasteiger partial charge in [-0.05, 0) is 49.7 Å². The Hall–Kier alpha value is -1.17. The summed E-state index contributed by atoms with van der Waals surface area (Å²) in [6, 6.07) is 5.99. The Morgan fingerprint density at radius 3 is 2.27 bits per heavy atom. The molecular formula is C17H26O4S. The molecule has 0 amide bonds. The number of hydrogen-bond donors (Lipinski definition) is 2. The summed E-state index contributed by atoms with van der Waals surface area (Å²) in [7, 11) is -4.02. The van der Waals surface area contributed by atoms with Crippen LogP contribution in [-0.4, -0.2) is 24.7 Å². The molecule has 4 nitrogen and oxygen atoms in total. The zero-order valence-corrected chi connectivity index (χ0v) is 14.3. The summed E-state index contributed by atoms with van der Waals surface area (Å²) in [6.07, 6.45) is 7.90. The Kier molecular flexibility index (Phi) is 6.78. The highest BCUT2D eigenvalue weighted by Crippen LogP contribution is 2.34. The van der Waals surface area contributed by atoms with Crippen molar-refractivity contribution in [3.8, 4) is 0 Å². The molecule has 0 fully saturated rings. The first-order chi connectivity index (χ1) is 10.1. The second kappa shape index (κ2) is 7.90. The standard InChI is InChI=1S/C10H18O.C7H8O3S/c1-10(2)6-3-4-9(8-10)5-7-11;1-6-2-4-7(5-3-6)11(8,9)10/h3,6,9,11H,4-5,7-8H2,1-2H3;2-5H,1H3,(H,8,9,10). The third-order valence-electron chi connectivity index (χ3n) is 3.71. The molecule has 1 aliphatic rings. The normalized spacial score (nSPS) is 20.1. The van der Waals surface area contributed by atoms with Gasteiger partial charge in [0.1, 0.15) is 0 Å². The molecule has 22 heavy (non-hydrogen) atoms. The van der Waals surface area contributed by atoms with Gasteiger partial charge in [-0.25, -0.2) is 0 Å². The van der Waals surface area contributed by atoms with Crippen LogP contribution < -0.4 is 0 Å². The quantitative estimate of drug-likeness (QED) is 0.657. The van der Waals surface area contributed by atoms with Gasteiger partial charge in [-0.15, -0.1) is 0 Å². The summed E-state index contributed by atoms with van der Waals surface area (Å²) >= 11 is 0. The number of aryl methyl sites for hydroxylation is 1. The van der Waals surface area contributed by atoms with E-state index in [2.05, 4.69) is 26.0 Å². The molecule has 1 unspecified atom stereocenters. The summed E-state index contributed by atoms with van der Waals surface area (Å²) < 4.78 is 29.6. The molecule has 0 radical (unpaired) electrons. The van der Waals surface area contributed by atoms with E-state index >= 15 is 0 Å². The Labute approximate surface area is 133 Å². The van der Waals surface area contributed by atoms with Gasteiger partial charge in [-0.2, -0.15) is 8.42 Å². The molecule has 1 aromatic carbocycles. The zero-order chi connectivity index (χ0) is 16.8. The minimum absolute atomic E-state index is 0.0666. The maximum atomic E-state index is 10.5. The molecule has 0 heterocycles. The van der Waals surface area contributed by atoms with Crippen LogP contribution in [0.25, 0.3) is 0 Å². The zero-order valence-electron chi connectivity index (χ0n) is 13.5. The Morgan fingerprint density at radius 1 is 1.23 bits per heavy atom. The Bertz CT molecular complexity index is 586. The van der Waals surface area contributed by atoms with Gasteiger partial charge in [0.25, 0.3) is 10.1 Å². The van der Waals surface area contributed by atoms with Crippen LogP contribution in [0, 0.1) is 18.3 Å². The Balaban J connectivity index is 0.000000220. The lowest BCUT2D eigenvalue weighted by molar-refractivity contribution is 0.222. The van der Waals surface area contributed by atoms with Gasteiger partial charge in [0.2, 0.25) is 0 Å². The molecule has 0 bridgehead atoms. The second-order valence-electron chi connectivity index (χ2n) is 6.50. The molecule has 0 aromatic heterocycles. The molecule has 2 N–H and O–H groups in total. The summed E-state index contributed by atoms with van der Waals surface area (Å²) in [6.45, 7) is 6.70. The van der Waals surface area contributed by atoms with Crippen LogP contribution in [-0.2, 0) is 10.1 Å². The fraction of sp³-hybridized carbons (Fsp3) is 0.529. The topological polar surface area (TPSA) is 74.6 Å². The molecule has 5 heteroatoms. The van der Waals surface area contributed by atoms with Gasteiger partial charge in [-0.1, -0.05) is 43.7 Å². The van der Waals surface area contributed by atoms with Crippen molar-refractivity contribution < 1.29 is 18.1 Å². The second-order valence-corrected chi connectivity index (χ2v) is 7.92. The van der Waals surface area contributed by atoms with Crippen molar-refractivity contribution in [2.75, 3.05) is 6.61 Å².